The maximum Gasteiger partial charge on any atom is 0.306 e. The SMILES string of the molecule is CC(C)Oc1ccc2c(c1)C(c1cc(N3CCC(C(=O)O)CC3)ncn1)=NC2. The molecule has 4 rings (SSSR count). The van der Waals surface area contributed by atoms with Gasteiger partial charge in [-0.3, -0.25) is 9.79 Å². The minimum absolute atomic E-state index is 0.110. The Hall–Kier alpha value is -2.96. The van der Waals surface area contributed by atoms with Crippen LogP contribution in [-0.4, -0.2) is 45.9 Å². The number of fused-ring (bicyclic) bond motifs is 1. The molecule has 7 heteroatoms. The number of aliphatic imine (C=N–C) groups is 1. The van der Waals surface area contributed by atoms with Gasteiger partial charge in [0, 0.05) is 24.7 Å². The van der Waals surface area contributed by atoms with Crippen molar-refractivity contribution < 1.29 is 14.6 Å². The van der Waals surface area contributed by atoms with E-state index in [0.29, 0.717) is 32.5 Å². The first-order valence-electron chi connectivity index (χ1n) is 9.66. The molecule has 2 aromatic rings. The summed E-state index contributed by atoms with van der Waals surface area (Å²) < 4.78 is 5.83. The lowest BCUT2D eigenvalue weighted by Gasteiger charge is -2.31. The van der Waals surface area contributed by atoms with Gasteiger partial charge in [0.25, 0.3) is 0 Å². The Bertz CT molecular complexity index is 918. The molecule has 7 nitrogen and oxygen atoms in total. The number of aromatic nitrogens is 2. The second kappa shape index (κ2) is 7.58. The van der Waals surface area contributed by atoms with Crippen molar-refractivity contribution in [1.82, 2.24) is 9.97 Å². The average Bonchev–Trinajstić information content (AvgIpc) is 3.11. The topological polar surface area (TPSA) is 87.9 Å². The summed E-state index contributed by atoms with van der Waals surface area (Å²) in [7, 11) is 0. The van der Waals surface area contributed by atoms with E-state index in [4.69, 9.17) is 9.73 Å². The summed E-state index contributed by atoms with van der Waals surface area (Å²) in [6.07, 6.45) is 2.94. The van der Waals surface area contributed by atoms with Crippen LogP contribution in [0.25, 0.3) is 0 Å². The van der Waals surface area contributed by atoms with E-state index in [-0.39, 0.29) is 12.0 Å². The summed E-state index contributed by atoms with van der Waals surface area (Å²) >= 11 is 0. The van der Waals surface area contributed by atoms with Crippen LogP contribution in [0, 0.1) is 5.92 Å². The average molecular weight is 380 g/mol. The maximum atomic E-state index is 11.2. The second-order valence-corrected chi connectivity index (χ2v) is 7.51. The molecule has 0 unspecified atom stereocenters. The molecule has 0 spiro atoms. The maximum absolute atomic E-state index is 11.2. The van der Waals surface area contributed by atoms with Crippen molar-refractivity contribution in [2.75, 3.05) is 18.0 Å². The summed E-state index contributed by atoms with van der Waals surface area (Å²) in [6.45, 7) is 6.01. The number of carbonyl (C=O) groups is 1. The molecule has 1 aromatic carbocycles. The number of piperidine rings is 1. The summed E-state index contributed by atoms with van der Waals surface area (Å²) in [5.74, 6) is 0.676. The molecule has 0 amide bonds. The molecule has 1 saturated heterocycles. The van der Waals surface area contributed by atoms with Crippen molar-refractivity contribution in [1.29, 1.82) is 0 Å². The fraction of sp³-hybridized carbons (Fsp3) is 0.429. The number of aliphatic carboxylic acids is 1. The lowest BCUT2D eigenvalue weighted by atomic mass is 9.97. The lowest BCUT2D eigenvalue weighted by molar-refractivity contribution is -0.142. The van der Waals surface area contributed by atoms with E-state index in [1.807, 2.05) is 32.0 Å². The van der Waals surface area contributed by atoms with Crippen LogP contribution in [0.1, 0.15) is 43.5 Å². The van der Waals surface area contributed by atoms with Gasteiger partial charge in [0.1, 0.15) is 17.9 Å². The number of ether oxygens (including phenoxy) is 1. The predicted molar refractivity (Wildman–Crippen MR) is 106 cm³/mol. The highest BCUT2D eigenvalue weighted by atomic mass is 16.5. The Labute approximate surface area is 164 Å². The second-order valence-electron chi connectivity index (χ2n) is 7.51. The Kier molecular flexibility index (Phi) is 4.98. The first-order chi connectivity index (χ1) is 13.5. The lowest BCUT2D eigenvalue weighted by Crippen LogP contribution is -2.36. The van der Waals surface area contributed by atoms with Crippen molar-refractivity contribution in [2.45, 2.75) is 39.3 Å². The van der Waals surface area contributed by atoms with E-state index < -0.39 is 5.97 Å². The number of hydrogen-bond acceptors (Lipinski definition) is 6. The summed E-state index contributed by atoms with van der Waals surface area (Å²) in [6, 6.07) is 8.02. The van der Waals surface area contributed by atoms with E-state index in [1.54, 1.807) is 6.33 Å². The largest absolute Gasteiger partial charge is 0.491 e. The molecule has 1 aromatic heterocycles. The van der Waals surface area contributed by atoms with Crippen LogP contribution in [0.3, 0.4) is 0 Å². The van der Waals surface area contributed by atoms with E-state index in [9.17, 15) is 9.90 Å². The quantitative estimate of drug-likeness (QED) is 0.858. The molecule has 3 heterocycles. The van der Waals surface area contributed by atoms with Gasteiger partial charge in [-0.2, -0.15) is 0 Å². The van der Waals surface area contributed by atoms with Gasteiger partial charge in [-0.05, 0) is 44.4 Å². The van der Waals surface area contributed by atoms with Crippen molar-refractivity contribution in [3.05, 3.63) is 47.4 Å². The molecule has 0 atom stereocenters. The van der Waals surface area contributed by atoms with Gasteiger partial charge in [-0.1, -0.05) is 6.07 Å². The zero-order valence-corrected chi connectivity index (χ0v) is 16.1. The number of carboxylic acid groups (broad SMARTS) is 1. The minimum atomic E-state index is -0.709. The predicted octanol–water partition coefficient (Wildman–Crippen LogP) is 2.92. The van der Waals surface area contributed by atoms with Crippen LogP contribution in [-0.2, 0) is 11.3 Å². The van der Waals surface area contributed by atoms with Gasteiger partial charge in [0.2, 0.25) is 0 Å². The van der Waals surface area contributed by atoms with Crippen molar-refractivity contribution in [2.24, 2.45) is 10.9 Å². The van der Waals surface area contributed by atoms with E-state index >= 15 is 0 Å². The molecule has 146 valence electrons. The number of hydrogen-bond donors (Lipinski definition) is 1. The van der Waals surface area contributed by atoms with Crippen molar-refractivity contribution >= 4 is 17.5 Å². The van der Waals surface area contributed by atoms with Gasteiger partial charge >= 0.3 is 5.97 Å². The van der Waals surface area contributed by atoms with Crippen molar-refractivity contribution in [3.8, 4) is 5.75 Å². The molecular weight excluding hydrogens is 356 g/mol. The fourth-order valence-electron chi connectivity index (χ4n) is 3.73. The van der Waals surface area contributed by atoms with Gasteiger partial charge in [-0.25, -0.2) is 9.97 Å². The molecule has 0 saturated carbocycles. The Morgan fingerprint density at radius 2 is 2.00 bits per heavy atom. The van der Waals surface area contributed by atoms with E-state index in [1.165, 1.54) is 0 Å². The molecule has 1 fully saturated rings. The van der Waals surface area contributed by atoms with Crippen LogP contribution in [0.5, 0.6) is 5.75 Å². The molecule has 0 aliphatic carbocycles. The molecule has 0 radical (unpaired) electrons. The van der Waals surface area contributed by atoms with Crippen LogP contribution in [0.15, 0.2) is 35.6 Å². The first-order valence-corrected chi connectivity index (χ1v) is 9.66. The fourth-order valence-corrected chi connectivity index (χ4v) is 3.73. The number of rotatable bonds is 5. The summed E-state index contributed by atoms with van der Waals surface area (Å²) in [4.78, 5) is 26.8. The van der Waals surface area contributed by atoms with Crippen LogP contribution in [0.2, 0.25) is 0 Å². The highest BCUT2D eigenvalue weighted by Gasteiger charge is 2.26. The molecule has 1 N–H and O–H groups in total. The molecule has 0 bridgehead atoms. The zero-order valence-electron chi connectivity index (χ0n) is 16.1. The van der Waals surface area contributed by atoms with Crippen LogP contribution in [0.4, 0.5) is 5.82 Å². The van der Waals surface area contributed by atoms with Gasteiger partial charge in [-0.15, -0.1) is 0 Å². The first kappa shape index (κ1) is 18.4. The number of benzene rings is 1. The van der Waals surface area contributed by atoms with Gasteiger partial charge in [0.05, 0.1) is 30.0 Å². The van der Waals surface area contributed by atoms with Gasteiger partial charge in [0.15, 0.2) is 0 Å². The smallest absolute Gasteiger partial charge is 0.306 e. The highest BCUT2D eigenvalue weighted by Crippen LogP contribution is 2.28. The molecule has 2 aliphatic rings. The third-order valence-electron chi connectivity index (χ3n) is 5.18. The normalized spacial score (nSPS) is 16.8. The minimum Gasteiger partial charge on any atom is -0.491 e. The third kappa shape index (κ3) is 3.69. The van der Waals surface area contributed by atoms with Crippen LogP contribution < -0.4 is 9.64 Å². The van der Waals surface area contributed by atoms with E-state index in [2.05, 4.69) is 20.9 Å². The number of nitrogens with zero attached hydrogens (tertiary/aromatic N) is 4. The monoisotopic (exact) mass is 380 g/mol. The van der Waals surface area contributed by atoms with Crippen molar-refractivity contribution in [3.63, 3.8) is 0 Å². The summed E-state index contributed by atoms with van der Waals surface area (Å²) in [5.41, 5.74) is 3.85. The Morgan fingerprint density at radius 3 is 2.71 bits per heavy atom. The Balaban J connectivity index is 1.56. The van der Waals surface area contributed by atoms with Crippen LogP contribution >= 0.6 is 0 Å². The number of anilines is 1. The molecule has 28 heavy (non-hydrogen) atoms. The third-order valence-corrected chi connectivity index (χ3v) is 5.18. The van der Waals surface area contributed by atoms with Gasteiger partial charge < -0.3 is 14.7 Å². The summed E-state index contributed by atoms with van der Waals surface area (Å²) in [5, 5.41) is 9.18. The zero-order chi connectivity index (χ0) is 19.7. The number of carboxylic acids is 1. The molecular formula is C21H24N4O3. The standard InChI is InChI=1S/C21H24N4O3/c1-13(2)28-16-4-3-15-11-22-20(17(15)9-16)18-10-19(24-12-23-18)25-7-5-14(6-8-25)21(26)27/h3-4,9-10,12-14H,5-8,11H2,1-2H3,(H,26,27). The van der Waals surface area contributed by atoms with E-state index in [0.717, 1.165) is 34.1 Å². The molecule has 2 aliphatic heterocycles. The highest BCUT2D eigenvalue weighted by molar-refractivity contribution is 6.14. The Morgan fingerprint density at radius 1 is 1.21 bits per heavy atom.